The molecule has 2 saturated heterocycles. The molecule has 12 nitrogen and oxygen atoms in total. The van der Waals surface area contributed by atoms with Gasteiger partial charge in [-0.3, -0.25) is 14.6 Å². The molecule has 2 atom stereocenters. The summed E-state index contributed by atoms with van der Waals surface area (Å²) in [6, 6.07) is 6.61. The van der Waals surface area contributed by atoms with Crippen LogP contribution in [0.15, 0.2) is 53.7 Å². The highest BCUT2D eigenvalue weighted by molar-refractivity contribution is 9.10. The van der Waals surface area contributed by atoms with Crippen LogP contribution < -0.4 is 25.6 Å². The molecular formula is C30H32BrN10O2P. The summed E-state index contributed by atoms with van der Waals surface area (Å²) < 4.78 is 14.2. The first-order valence-electron chi connectivity index (χ1n) is 14.3. The van der Waals surface area contributed by atoms with Crippen LogP contribution in [0.5, 0.6) is 5.88 Å². The maximum atomic E-state index is 5.86. The molecular weight excluding hydrogens is 643 g/mol. The molecule has 0 aliphatic carbocycles. The number of halogens is 1. The third kappa shape index (κ3) is 5.33. The molecule has 4 aromatic heterocycles. The van der Waals surface area contributed by atoms with Crippen LogP contribution in [0, 0.1) is 0 Å². The fourth-order valence-electron chi connectivity index (χ4n) is 6.01. The number of fused-ring (bicyclic) bond motifs is 3. The quantitative estimate of drug-likeness (QED) is 0.211. The van der Waals surface area contributed by atoms with Gasteiger partial charge < -0.3 is 25.0 Å². The molecule has 2 bridgehead atoms. The zero-order valence-corrected chi connectivity index (χ0v) is 27.3. The van der Waals surface area contributed by atoms with E-state index in [9.17, 15) is 0 Å². The Bertz CT molecular complexity index is 1830. The maximum Gasteiger partial charge on any atom is 0.239 e. The molecule has 2 aliphatic heterocycles. The van der Waals surface area contributed by atoms with Gasteiger partial charge in [-0.2, -0.15) is 15.1 Å². The van der Waals surface area contributed by atoms with Crippen molar-refractivity contribution in [3.63, 3.8) is 0 Å². The minimum Gasteiger partial charge on any atom is -0.479 e. The molecule has 1 aromatic carbocycles. The molecule has 5 aromatic rings. The van der Waals surface area contributed by atoms with E-state index in [2.05, 4.69) is 64.8 Å². The van der Waals surface area contributed by atoms with Crippen LogP contribution in [-0.2, 0) is 11.8 Å². The third-order valence-electron chi connectivity index (χ3n) is 7.97. The summed E-state index contributed by atoms with van der Waals surface area (Å²) in [6.07, 6.45) is 11.2. The van der Waals surface area contributed by atoms with Crippen molar-refractivity contribution in [2.24, 2.45) is 7.05 Å². The molecule has 14 heteroatoms. The summed E-state index contributed by atoms with van der Waals surface area (Å²) in [5.41, 5.74) is 5.26. The Morgan fingerprint density at radius 2 is 1.80 bits per heavy atom. The van der Waals surface area contributed by atoms with Crippen LogP contribution in [0.4, 0.5) is 29.0 Å². The summed E-state index contributed by atoms with van der Waals surface area (Å²) >= 11 is 3.63. The van der Waals surface area contributed by atoms with E-state index < -0.39 is 7.92 Å². The molecule has 226 valence electrons. The van der Waals surface area contributed by atoms with Gasteiger partial charge in [-0.05, 0) is 60.3 Å². The molecule has 2 aliphatic rings. The predicted molar refractivity (Wildman–Crippen MR) is 177 cm³/mol. The molecule has 7 rings (SSSR count). The number of anilines is 5. The van der Waals surface area contributed by atoms with Gasteiger partial charge >= 0.3 is 0 Å². The number of hydrogen-bond donors (Lipinski definition) is 2. The molecule has 2 fully saturated rings. The van der Waals surface area contributed by atoms with Gasteiger partial charge in [0.15, 0.2) is 0 Å². The van der Waals surface area contributed by atoms with E-state index in [-0.39, 0.29) is 12.1 Å². The minimum absolute atomic E-state index is 0.280. The number of ether oxygens (including phenoxy) is 2. The van der Waals surface area contributed by atoms with E-state index in [0.717, 1.165) is 56.3 Å². The highest BCUT2D eigenvalue weighted by Crippen LogP contribution is 2.43. The molecule has 0 saturated carbocycles. The average molecular weight is 676 g/mol. The second kappa shape index (κ2) is 11.9. The molecule has 0 spiro atoms. The van der Waals surface area contributed by atoms with E-state index in [1.165, 1.54) is 0 Å². The van der Waals surface area contributed by atoms with Gasteiger partial charge in [0, 0.05) is 54.0 Å². The highest BCUT2D eigenvalue weighted by atomic mass is 79.9. The lowest BCUT2D eigenvalue weighted by molar-refractivity contribution is 0.0902. The molecule has 2 N–H and O–H groups in total. The van der Waals surface area contributed by atoms with Crippen molar-refractivity contribution >= 4 is 69.1 Å². The molecule has 2 unspecified atom stereocenters. The van der Waals surface area contributed by atoms with E-state index in [0.29, 0.717) is 36.5 Å². The van der Waals surface area contributed by atoms with E-state index in [4.69, 9.17) is 19.4 Å². The normalized spacial score (nSPS) is 17.8. The summed E-state index contributed by atoms with van der Waals surface area (Å²) in [4.78, 5) is 26.0. The number of aromatic nitrogens is 7. The number of aryl methyl sites for hydroxylation is 1. The Labute approximate surface area is 264 Å². The third-order valence-corrected chi connectivity index (χ3v) is 9.89. The van der Waals surface area contributed by atoms with Crippen molar-refractivity contribution in [1.82, 2.24) is 34.7 Å². The van der Waals surface area contributed by atoms with Gasteiger partial charge in [0.1, 0.15) is 17.3 Å². The van der Waals surface area contributed by atoms with Gasteiger partial charge in [0.05, 0.1) is 54.1 Å². The van der Waals surface area contributed by atoms with Crippen molar-refractivity contribution in [2.75, 3.05) is 49.2 Å². The van der Waals surface area contributed by atoms with Crippen LogP contribution in [0.3, 0.4) is 0 Å². The summed E-state index contributed by atoms with van der Waals surface area (Å²) in [5, 5.41) is 12.4. The maximum absolute atomic E-state index is 5.86. The van der Waals surface area contributed by atoms with Crippen molar-refractivity contribution in [1.29, 1.82) is 0 Å². The number of morpholine rings is 1. The zero-order valence-electron chi connectivity index (χ0n) is 24.8. The topological polar surface area (TPSA) is 128 Å². The lowest BCUT2D eigenvalue weighted by atomic mass is 10.1. The number of nitrogens with zero attached hydrogens (tertiary/aromatic N) is 8. The second-order valence-electron chi connectivity index (χ2n) is 11.1. The standard InChI is InChI=1S/C30H32BrN10O2P/c1-40-14-17(12-35-40)20-11-24(29(42-2)39-28(20)41-18-5-6-19(41)16-43-15-18)37-30-34-13-21(31)27(38-30)36-23-8-7-22-25(26(23)44(3)4)33-10-9-32-22/h7-14,18-19H,5-6,15-16H2,1-4H3,(H2,34,36,37,38). The van der Waals surface area contributed by atoms with Crippen LogP contribution in [0.25, 0.3) is 22.2 Å². The Balaban J connectivity index is 1.26. The summed E-state index contributed by atoms with van der Waals surface area (Å²) in [6.45, 7) is 5.80. The molecule has 0 radical (unpaired) electrons. The van der Waals surface area contributed by atoms with Crippen LogP contribution in [0.2, 0.25) is 0 Å². The van der Waals surface area contributed by atoms with Crippen LogP contribution >= 0.6 is 23.9 Å². The van der Waals surface area contributed by atoms with E-state index in [1.54, 1.807) is 30.4 Å². The number of hydrogen-bond acceptors (Lipinski definition) is 11. The van der Waals surface area contributed by atoms with Crippen LogP contribution in [-0.4, -0.2) is 80.4 Å². The first kappa shape index (κ1) is 28.8. The van der Waals surface area contributed by atoms with Gasteiger partial charge in [0.2, 0.25) is 11.8 Å². The fraction of sp³-hybridized carbons (Fsp3) is 0.333. The number of pyridine rings is 1. The lowest BCUT2D eigenvalue weighted by Crippen LogP contribution is -2.46. The van der Waals surface area contributed by atoms with Crippen molar-refractivity contribution in [3.05, 3.63) is 53.7 Å². The lowest BCUT2D eigenvalue weighted by Gasteiger charge is -2.37. The fourth-order valence-corrected chi connectivity index (χ4v) is 7.51. The molecule has 6 heterocycles. The largest absolute Gasteiger partial charge is 0.479 e. The van der Waals surface area contributed by atoms with E-state index in [1.807, 2.05) is 37.6 Å². The van der Waals surface area contributed by atoms with Crippen molar-refractivity contribution in [2.45, 2.75) is 24.9 Å². The average Bonchev–Trinajstić information content (AvgIpc) is 3.56. The number of methoxy groups -OCH3 is 1. The van der Waals surface area contributed by atoms with Crippen molar-refractivity contribution < 1.29 is 9.47 Å². The summed E-state index contributed by atoms with van der Waals surface area (Å²) in [5.74, 6) is 2.34. The predicted octanol–water partition coefficient (Wildman–Crippen LogP) is 5.21. The molecule has 44 heavy (non-hydrogen) atoms. The first-order chi connectivity index (χ1) is 21.4. The SMILES string of the molecule is COc1nc(N2C3CCC2COC3)c(-c2cnn(C)c2)cc1Nc1ncc(Br)c(Nc2ccc3nccnc3c2P(C)C)n1. The first-order valence-corrected chi connectivity index (χ1v) is 17.3. The van der Waals surface area contributed by atoms with E-state index >= 15 is 0 Å². The van der Waals surface area contributed by atoms with Gasteiger partial charge in [-0.1, -0.05) is 7.92 Å². The number of nitrogens with one attached hydrogen (secondary N) is 2. The Hall–Kier alpha value is -3.93. The Kier molecular flexibility index (Phi) is 7.77. The number of rotatable bonds is 8. The Morgan fingerprint density at radius 1 is 1.00 bits per heavy atom. The van der Waals surface area contributed by atoms with Gasteiger partial charge in [-0.15, -0.1) is 0 Å². The molecule has 0 amide bonds. The monoisotopic (exact) mass is 674 g/mol. The Morgan fingerprint density at radius 3 is 2.52 bits per heavy atom. The smallest absolute Gasteiger partial charge is 0.239 e. The minimum atomic E-state index is -0.494. The zero-order chi connectivity index (χ0) is 30.4. The van der Waals surface area contributed by atoms with Crippen molar-refractivity contribution in [3.8, 4) is 17.0 Å². The number of benzene rings is 1. The summed E-state index contributed by atoms with van der Waals surface area (Å²) in [7, 11) is 3.05. The highest BCUT2D eigenvalue weighted by Gasteiger charge is 2.40. The van der Waals surface area contributed by atoms with Gasteiger partial charge in [-0.25, -0.2) is 4.98 Å². The van der Waals surface area contributed by atoms with Gasteiger partial charge in [0.25, 0.3) is 0 Å². The van der Waals surface area contributed by atoms with Crippen LogP contribution in [0.1, 0.15) is 12.8 Å². The second-order valence-corrected chi connectivity index (χ2v) is 14.2.